The van der Waals surface area contributed by atoms with Crippen LogP contribution < -0.4 is 5.73 Å². The number of carbonyl (C=O) groups excluding carboxylic acids is 3. The molecule has 0 amide bonds. The van der Waals surface area contributed by atoms with Gasteiger partial charge in [-0.3, -0.25) is 23.4 Å². The van der Waals surface area contributed by atoms with Crippen LogP contribution in [0.2, 0.25) is 0 Å². The smallest absolute Gasteiger partial charge is 0.462 e. The van der Waals surface area contributed by atoms with E-state index < -0.39 is 32.5 Å². The molecule has 54 heavy (non-hydrogen) atoms. The summed E-state index contributed by atoms with van der Waals surface area (Å²) in [4.78, 5) is 46.5. The molecule has 0 saturated heterocycles. The predicted molar refractivity (Wildman–Crippen MR) is 220 cm³/mol. The average Bonchev–Trinajstić information content (AvgIpc) is 3.15. The highest BCUT2D eigenvalue weighted by Gasteiger charge is 2.25. The van der Waals surface area contributed by atoms with E-state index in [1.54, 1.807) is 12.2 Å². The maximum Gasteiger partial charge on any atom is 0.472 e. The molecule has 3 N–H and O–H groups in total. The lowest BCUT2D eigenvalue weighted by molar-refractivity contribution is -0.161. The number of phosphoric acid groups is 1. The van der Waals surface area contributed by atoms with Crippen molar-refractivity contribution in [2.45, 2.75) is 142 Å². The zero-order valence-corrected chi connectivity index (χ0v) is 34.1. The molecule has 0 aromatic carbocycles. The molecule has 0 saturated carbocycles. The first-order chi connectivity index (χ1) is 26.2. The number of nitrogens with two attached hydrogens (primary N) is 1. The molecule has 0 aromatic rings. The van der Waals surface area contributed by atoms with Crippen molar-refractivity contribution in [1.29, 1.82) is 0 Å². The lowest BCUT2D eigenvalue weighted by Gasteiger charge is -2.19. The highest BCUT2D eigenvalue weighted by atomic mass is 31.2. The number of hydrogen-bond acceptors (Lipinski definition) is 9. The van der Waals surface area contributed by atoms with E-state index in [9.17, 15) is 23.8 Å². The van der Waals surface area contributed by atoms with Crippen LogP contribution in [0.25, 0.3) is 0 Å². The molecule has 0 fully saturated rings. The van der Waals surface area contributed by atoms with Crippen LogP contribution in [0.3, 0.4) is 0 Å². The molecule has 10 nitrogen and oxygen atoms in total. The van der Waals surface area contributed by atoms with E-state index in [1.165, 1.54) is 0 Å². The molecule has 1 unspecified atom stereocenters. The van der Waals surface area contributed by atoms with Crippen molar-refractivity contribution in [3.05, 3.63) is 85.1 Å². The third-order valence-electron chi connectivity index (χ3n) is 7.74. The number of ketones is 1. The zero-order valence-electron chi connectivity index (χ0n) is 33.2. The van der Waals surface area contributed by atoms with E-state index in [2.05, 4.69) is 50.3 Å². The Morgan fingerprint density at radius 3 is 1.87 bits per heavy atom. The second kappa shape index (κ2) is 38.1. The third-order valence-corrected chi connectivity index (χ3v) is 8.73. The summed E-state index contributed by atoms with van der Waals surface area (Å²) in [5.74, 6) is -0.796. The molecule has 0 aliphatic carbocycles. The second-order valence-electron chi connectivity index (χ2n) is 12.8. The highest BCUT2D eigenvalue weighted by molar-refractivity contribution is 7.47. The maximum absolute atomic E-state index is 12.5. The van der Waals surface area contributed by atoms with Crippen molar-refractivity contribution in [2.24, 2.45) is 5.73 Å². The molecule has 0 radical (unpaired) electrons. The number of phosphoric ester groups is 1. The summed E-state index contributed by atoms with van der Waals surface area (Å²) in [6.07, 6.45) is 43.2. The number of allylic oxidation sites excluding steroid dienone is 14. The number of carbonyl (C=O) groups is 3. The third kappa shape index (κ3) is 37.2. The normalized spacial score (nSPS) is 14.1. The monoisotopic (exact) mass is 775 g/mol. The van der Waals surface area contributed by atoms with Gasteiger partial charge in [-0.25, -0.2) is 4.57 Å². The Hall–Kier alpha value is -3.14. The molecule has 11 heteroatoms. The minimum absolute atomic E-state index is 0.0275. The number of ether oxygens (including phenoxy) is 2. The van der Waals surface area contributed by atoms with Crippen molar-refractivity contribution >= 4 is 25.5 Å². The van der Waals surface area contributed by atoms with Gasteiger partial charge in [0.1, 0.15) is 6.61 Å². The zero-order chi connectivity index (χ0) is 39.8. The van der Waals surface area contributed by atoms with Gasteiger partial charge < -0.3 is 20.1 Å². The molecule has 0 bridgehead atoms. The molecule has 0 aromatic heterocycles. The number of esters is 2. The van der Waals surface area contributed by atoms with Crippen molar-refractivity contribution in [1.82, 2.24) is 0 Å². The number of rotatable bonds is 36. The van der Waals surface area contributed by atoms with Crippen LogP contribution in [0, 0.1) is 0 Å². The first kappa shape index (κ1) is 50.9. The molecule has 0 rings (SSSR count). The van der Waals surface area contributed by atoms with Gasteiger partial charge in [-0.1, -0.05) is 125 Å². The fourth-order valence-electron chi connectivity index (χ4n) is 4.77. The molecule has 0 aliphatic rings. The standard InChI is InChI=1S/C43H70NO9P/c1-3-5-7-8-9-10-11-12-13-14-17-20-23-26-30-34-42(46)50-38-41(39-52-54(48,49)51-37-36-44)53-43(47)35-31-27-24-21-18-15-16-19-22-25-29-33-40(45)32-28-6-4-2/h5,7,9-10,12-13,15-16,21-22,24-25,29,33,41H,3-4,6,8,11,14,17-20,23,26-28,30-32,34-39,44H2,1-2H3,(H,48,49)/b7-5-,10-9-,13-12-,16-15-,24-21-,25-22-,33-29+/t41-/m1/s1. The molecule has 0 spiro atoms. The van der Waals surface area contributed by atoms with E-state index in [-0.39, 0.29) is 38.4 Å². The summed E-state index contributed by atoms with van der Waals surface area (Å²) in [6, 6.07) is 0. The van der Waals surface area contributed by atoms with Crippen molar-refractivity contribution in [3.63, 3.8) is 0 Å². The topological polar surface area (TPSA) is 151 Å². The molecule has 2 atom stereocenters. The van der Waals surface area contributed by atoms with Crippen LogP contribution in [0.15, 0.2) is 85.1 Å². The lowest BCUT2D eigenvalue weighted by atomic mass is 10.1. The van der Waals surface area contributed by atoms with Gasteiger partial charge in [-0.05, 0) is 76.7 Å². The summed E-state index contributed by atoms with van der Waals surface area (Å²) < 4.78 is 32.6. The molecular weight excluding hydrogens is 705 g/mol. The van der Waals surface area contributed by atoms with Gasteiger partial charge in [0.25, 0.3) is 0 Å². The van der Waals surface area contributed by atoms with Gasteiger partial charge in [0.2, 0.25) is 0 Å². The molecular formula is C43H70NO9P. The Morgan fingerprint density at radius 1 is 0.630 bits per heavy atom. The van der Waals surface area contributed by atoms with E-state index in [4.69, 9.17) is 24.3 Å². The predicted octanol–water partition coefficient (Wildman–Crippen LogP) is 10.4. The fraction of sp³-hybridized carbons (Fsp3) is 0.605. The van der Waals surface area contributed by atoms with Gasteiger partial charge in [-0.2, -0.15) is 0 Å². The largest absolute Gasteiger partial charge is 0.472 e. The Kier molecular flexibility index (Phi) is 35.9. The van der Waals surface area contributed by atoms with Gasteiger partial charge in [-0.15, -0.1) is 0 Å². The van der Waals surface area contributed by atoms with Crippen LogP contribution in [0.4, 0.5) is 0 Å². The Balaban J connectivity index is 4.39. The molecule has 306 valence electrons. The Bertz CT molecular complexity index is 1220. The highest BCUT2D eigenvalue weighted by Crippen LogP contribution is 2.43. The molecule has 0 heterocycles. The van der Waals surface area contributed by atoms with Crippen molar-refractivity contribution in [2.75, 3.05) is 26.4 Å². The lowest BCUT2D eigenvalue weighted by Crippen LogP contribution is -2.29. The van der Waals surface area contributed by atoms with Crippen LogP contribution in [0.5, 0.6) is 0 Å². The summed E-state index contributed by atoms with van der Waals surface area (Å²) >= 11 is 0. The molecule has 0 aliphatic heterocycles. The summed E-state index contributed by atoms with van der Waals surface area (Å²) in [7, 11) is -4.41. The first-order valence-corrected chi connectivity index (χ1v) is 21.5. The Labute approximate surface area is 326 Å². The average molecular weight is 776 g/mol. The van der Waals surface area contributed by atoms with Gasteiger partial charge in [0.15, 0.2) is 11.9 Å². The van der Waals surface area contributed by atoms with Crippen molar-refractivity contribution in [3.8, 4) is 0 Å². The fourth-order valence-corrected chi connectivity index (χ4v) is 5.54. The SMILES string of the molecule is CC/C=C\C/C=C\C/C=C\CCCCCCCC(=O)OC[C@H](COP(=O)(O)OCCN)OC(=O)CCC/C=C\C/C=C\C/C=C\C=C\C(=O)CCCCC. The second-order valence-corrected chi connectivity index (χ2v) is 14.3. The van der Waals surface area contributed by atoms with E-state index >= 15 is 0 Å². The first-order valence-electron chi connectivity index (χ1n) is 20.0. The summed E-state index contributed by atoms with van der Waals surface area (Å²) in [6.45, 7) is 3.32. The number of unbranched alkanes of at least 4 members (excludes halogenated alkanes) is 8. The van der Waals surface area contributed by atoms with E-state index in [0.29, 0.717) is 25.7 Å². The van der Waals surface area contributed by atoms with Crippen LogP contribution in [0.1, 0.15) is 136 Å². The quantitative estimate of drug-likeness (QED) is 0.0157. The van der Waals surface area contributed by atoms with Crippen LogP contribution in [-0.4, -0.2) is 55.1 Å². The van der Waals surface area contributed by atoms with Gasteiger partial charge in [0.05, 0.1) is 13.2 Å². The minimum Gasteiger partial charge on any atom is -0.462 e. The number of hydrogen-bond donors (Lipinski definition) is 2. The summed E-state index contributed by atoms with van der Waals surface area (Å²) in [5, 5.41) is 0. The maximum atomic E-state index is 12.5. The van der Waals surface area contributed by atoms with Crippen LogP contribution in [-0.2, 0) is 37.5 Å². The van der Waals surface area contributed by atoms with Crippen LogP contribution >= 0.6 is 7.82 Å². The van der Waals surface area contributed by atoms with Gasteiger partial charge >= 0.3 is 19.8 Å². The van der Waals surface area contributed by atoms with E-state index in [0.717, 1.165) is 83.5 Å². The van der Waals surface area contributed by atoms with E-state index in [1.807, 2.05) is 36.5 Å². The Morgan fingerprint density at radius 2 is 1.20 bits per heavy atom. The van der Waals surface area contributed by atoms with Gasteiger partial charge in [0, 0.05) is 25.8 Å². The minimum atomic E-state index is -4.41. The van der Waals surface area contributed by atoms with Crippen molar-refractivity contribution < 1.29 is 42.4 Å². The summed E-state index contributed by atoms with van der Waals surface area (Å²) in [5.41, 5.74) is 5.33.